The summed E-state index contributed by atoms with van der Waals surface area (Å²) >= 11 is 0. The minimum Gasteiger partial charge on any atom is -0.354 e. The second-order valence-corrected chi connectivity index (χ2v) is 3.68. The molecule has 0 aliphatic carbocycles. The Kier molecular flexibility index (Phi) is 4.51. The Morgan fingerprint density at radius 1 is 1.06 bits per heavy atom. The summed E-state index contributed by atoms with van der Waals surface area (Å²) in [6.45, 7) is 1.22. The van der Waals surface area contributed by atoms with E-state index in [2.05, 4.69) is 25.6 Å². The predicted molar refractivity (Wildman–Crippen MR) is 62.9 cm³/mol. The molecule has 18 heavy (non-hydrogen) atoms. The standard InChI is InChI=1S/C9H15F3N6/c1-4-13-6-15-7(14-5-9(10,11)12)17-8(16-6)18(2)3/h4-5H2,1-3H3,(H2,13,14,15,16,17). The third kappa shape index (κ3) is 4.60. The fraction of sp³-hybridized carbons (Fsp3) is 0.667. The molecule has 6 nitrogen and oxygen atoms in total. The number of nitrogens with zero attached hydrogens (tertiary/aromatic N) is 4. The summed E-state index contributed by atoms with van der Waals surface area (Å²) in [5, 5.41) is 4.95. The zero-order valence-electron chi connectivity index (χ0n) is 10.3. The van der Waals surface area contributed by atoms with Crippen LogP contribution in [0, 0.1) is 0 Å². The van der Waals surface area contributed by atoms with Gasteiger partial charge in [-0.3, -0.25) is 0 Å². The molecule has 0 radical (unpaired) electrons. The van der Waals surface area contributed by atoms with Crippen LogP contribution < -0.4 is 15.5 Å². The maximum atomic E-state index is 12.1. The van der Waals surface area contributed by atoms with Crippen LogP contribution in [-0.2, 0) is 0 Å². The van der Waals surface area contributed by atoms with E-state index in [1.807, 2.05) is 6.92 Å². The van der Waals surface area contributed by atoms with E-state index in [4.69, 9.17) is 0 Å². The average Bonchev–Trinajstić information content (AvgIpc) is 2.25. The van der Waals surface area contributed by atoms with E-state index >= 15 is 0 Å². The molecule has 1 heterocycles. The lowest BCUT2D eigenvalue weighted by atomic mass is 10.6. The number of aromatic nitrogens is 3. The third-order valence-electron chi connectivity index (χ3n) is 1.81. The van der Waals surface area contributed by atoms with Crippen LogP contribution in [0.5, 0.6) is 0 Å². The Hall–Kier alpha value is -1.80. The number of hydrogen-bond donors (Lipinski definition) is 2. The maximum Gasteiger partial charge on any atom is 0.405 e. The number of nitrogens with one attached hydrogen (secondary N) is 2. The highest BCUT2D eigenvalue weighted by Gasteiger charge is 2.27. The topological polar surface area (TPSA) is 66.0 Å². The molecule has 1 rings (SSSR count). The van der Waals surface area contributed by atoms with Gasteiger partial charge in [0.25, 0.3) is 0 Å². The van der Waals surface area contributed by atoms with Crippen molar-refractivity contribution >= 4 is 17.8 Å². The van der Waals surface area contributed by atoms with E-state index in [1.165, 1.54) is 0 Å². The van der Waals surface area contributed by atoms with E-state index in [0.717, 1.165) is 0 Å². The smallest absolute Gasteiger partial charge is 0.354 e. The van der Waals surface area contributed by atoms with Gasteiger partial charge in [-0.15, -0.1) is 0 Å². The summed E-state index contributed by atoms with van der Waals surface area (Å²) in [7, 11) is 3.39. The first-order valence-electron chi connectivity index (χ1n) is 5.29. The highest BCUT2D eigenvalue weighted by Crippen LogP contribution is 2.16. The van der Waals surface area contributed by atoms with Gasteiger partial charge in [0.1, 0.15) is 6.54 Å². The number of rotatable bonds is 5. The molecule has 2 N–H and O–H groups in total. The molecular formula is C9H15F3N6. The molecular weight excluding hydrogens is 249 g/mol. The lowest BCUT2D eigenvalue weighted by Gasteiger charge is -2.14. The molecule has 0 spiro atoms. The van der Waals surface area contributed by atoms with Crippen LogP contribution in [0.25, 0.3) is 0 Å². The Balaban J connectivity index is 2.89. The van der Waals surface area contributed by atoms with Crippen molar-refractivity contribution in [3.05, 3.63) is 0 Å². The van der Waals surface area contributed by atoms with Crippen molar-refractivity contribution < 1.29 is 13.2 Å². The van der Waals surface area contributed by atoms with Gasteiger partial charge < -0.3 is 15.5 Å². The SMILES string of the molecule is CCNc1nc(NCC(F)(F)F)nc(N(C)C)n1. The van der Waals surface area contributed by atoms with Gasteiger partial charge >= 0.3 is 6.18 Å². The summed E-state index contributed by atoms with van der Waals surface area (Å²) in [6.07, 6.45) is -4.32. The molecule has 0 fully saturated rings. The largest absolute Gasteiger partial charge is 0.405 e. The highest BCUT2D eigenvalue weighted by molar-refractivity contribution is 5.42. The van der Waals surface area contributed by atoms with E-state index in [0.29, 0.717) is 6.54 Å². The van der Waals surface area contributed by atoms with Crippen molar-refractivity contribution in [1.29, 1.82) is 0 Å². The van der Waals surface area contributed by atoms with Crippen LogP contribution in [0.3, 0.4) is 0 Å². The molecule has 0 unspecified atom stereocenters. The van der Waals surface area contributed by atoms with Gasteiger partial charge in [0.2, 0.25) is 17.8 Å². The van der Waals surface area contributed by atoms with Gasteiger partial charge in [-0.05, 0) is 6.92 Å². The molecule has 0 saturated carbocycles. The van der Waals surface area contributed by atoms with Crippen molar-refractivity contribution in [2.24, 2.45) is 0 Å². The first kappa shape index (κ1) is 14.3. The van der Waals surface area contributed by atoms with Gasteiger partial charge in [0.05, 0.1) is 0 Å². The monoisotopic (exact) mass is 264 g/mol. The molecule has 0 aliphatic heterocycles. The lowest BCUT2D eigenvalue weighted by Crippen LogP contribution is -2.24. The Labute approximate surface area is 103 Å². The van der Waals surface area contributed by atoms with Gasteiger partial charge in [-0.2, -0.15) is 28.1 Å². The number of alkyl halides is 3. The summed E-state index contributed by atoms with van der Waals surface area (Å²) in [5.41, 5.74) is 0. The summed E-state index contributed by atoms with van der Waals surface area (Å²) in [4.78, 5) is 13.3. The van der Waals surface area contributed by atoms with Gasteiger partial charge in [-0.25, -0.2) is 0 Å². The van der Waals surface area contributed by atoms with Crippen LogP contribution in [-0.4, -0.2) is 48.3 Å². The Morgan fingerprint density at radius 2 is 1.61 bits per heavy atom. The third-order valence-corrected chi connectivity index (χ3v) is 1.81. The van der Waals surface area contributed by atoms with E-state index in [9.17, 15) is 13.2 Å². The lowest BCUT2D eigenvalue weighted by molar-refractivity contribution is -0.115. The average molecular weight is 264 g/mol. The molecule has 0 bridgehead atoms. The first-order valence-corrected chi connectivity index (χ1v) is 5.29. The molecule has 1 aromatic rings. The maximum absolute atomic E-state index is 12.1. The predicted octanol–water partition coefficient (Wildman–Crippen LogP) is 1.34. The molecule has 9 heteroatoms. The van der Waals surface area contributed by atoms with Crippen LogP contribution in [0.2, 0.25) is 0 Å². The molecule has 0 amide bonds. The van der Waals surface area contributed by atoms with E-state index < -0.39 is 12.7 Å². The van der Waals surface area contributed by atoms with Crippen molar-refractivity contribution in [2.75, 3.05) is 42.7 Å². The first-order chi connectivity index (χ1) is 8.31. The van der Waals surface area contributed by atoms with E-state index in [1.54, 1.807) is 19.0 Å². The van der Waals surface area contributed by atoms with Crippen LogP contribution in [0.4, 0.5) is 31.0 Å². The molecule has 102 valence electrons. The van der Waals surface area contributed by atoms with Crippen molar-refractivity contribution in [3.8, 4) is 0 Å². The Morgan fingerprint density at radius 3 is 2.06 bits per heavy atom. The van der Waals surface area contributed by atoms with Crippen LogP contribution in [0.1, 0.15) is 6.92 Å². The van der Waals surface area contributed by atoms with Crippen molar-refractivity contribution in [1.82, 2.24) is 15.0 Å². The summed E-state index contributed by atoms with van der Waals surface area (Å²) in [5.74, 6) is 0.411. The zero-order chi connectivity index (χ0) is 13.8. The molecule has 0 saturated heterocycles. The Bertz CT molecular complexity index is 392. The van der Waals surface area contributed by atoms with Gasteiger partial charge in [0.15, 0.2) is 0 Å². The van der Waals surface area contributed by atoms with Crippen LogP contribution in [0.15, 0.2) is 0 Å². The minimum atomic E-state index is -4.32. The van der Waals surface area contributed by atoms with Crippen LogP contribution >= 0.6 is 0 Å². The fourth-order valence-electron chi connectivity index (χ4n) is 1.06. The second-order valence-electron chi connectivity index (χ2n) is 3.68. The second kappa shape index (κ2) is 5.69. The van der Waals surface area contributed by atoms with Crippen molar-refractivity contribution in [3.63, 3.8) is 0 Å². The minimum absolute atomic E-state index is 0.109. The number of hydrogen-bond acceptors (Lipinski definition) is 6. The fourth-order valence-corrected chi connectivity index (χ4v) is 1.06. The molecule has 0 aromatic carbocycles. The quantitative estimate of drug-likeness (QED) is 0.836. The van der Waals surface area contributed by atoms with E-state index in [-0.39, 0.29) is 17.8 Å². The highest BCUT2D eigenvalue weighted by atomic mass is 19.4. The molecule has 0 atom stereocenters. The van der Waals surface area contributed by atoms with Gasteiger partial charge in [-0.1, -0.05) is 0 Å². The molecule has 1 aromatic heterocycles. The number of anilines is 3. The molecule has 0 aliphatic rings. The summed E-state index contributed by atoms with van der Waals surface area (Å²) in [6, 6.07) is 0. The normalized spacial score (nSPS) is 11.2. The summed E-state index contributed by atoms with van der Waals surface area (Å²) < 4.78 is 36.3. The zero-order valence-corrected chi connectivity index (χ0v) is 10.3. The number of halogens is 3. The van der Waals surface area contributed by atoms with Crippen molar-refractivity contribution in [2.45, 2.75) is 13.1 Å². The van der Waals surface area contributed by atoms with Gasteiger partial charge in [0, 0.05) is 20.6 Å².